The fraction of sp³-hybridized carbons (Fsp3) is 0.455. The van der Waals surface area contributed by atoms with Gasteiger partial charge in [-0.3, -0.25) is 0 Å². The van der Waals surface area contributed by atoms with Crippen molar-refractivity contribution in [2.45, 2.75) is 31.9 Å². The van der Waals surface area contributed by atoms with Crippen molar-refractivity contribution in [1.29, 1.82) is 0 Å². The van der Waals surface area contributed by atoms with Crippen LogP contribution in [0.2, 0.25) is 0 Å². The topological polar surface area (TPSA) is 49.0 Å². The Bertz CT molecular complexity index is 810. The van der Waals surface area contributed by atoms with Crippen LogP contribution < -0.4 is 19.5 Å². The molecule has 0 aromatic heterocycles. The average molecular weight is 369 g/mol. The van der Waals surface area contributed by atoms with Crippen LogP contribution in [-0.2, 0) is 4.74 Å². The number of fused-ring (bicyclic) bond motifs is 3. The summed E-state index contributed by atoms with van der Waals surface area (Å²) >= 11 is 0. The highest BCUT2D eigenvalue weighted by molar-refractivity contribution is 5.60. The van der Waals surface area contributed by atoms with Crippen LogP contribution in [-0.4, -0.2) is 27.9 Å². The van der Waals surface area contributed by atoms with Crippen molar-refractivity contribution in [3.63, 3.8) is 0 Å². The fourth-order valence-corrected chi connectivity index (χ4v) is 4.40. The highest BCUT2D eigenvalue weighted by Crippen LogP contribution is 2.51. The first-order valence-electron chi connectivity index (χ1n) is 9.45. The summed E-state index contributed by atoms with van der Waals surface area (Å²) < 4.78 is 22.9. The summed E-state index contributed by atoms with van der Waals surface area (Å²) in [5.41, 5.74) is 4.79. The first kappa shape index (κ1) is 18.0. The van der Waals surface area contributed by atoms with E-state index < -0.39 is 0 Å². The van der Waals surface area contributed by atoms with Crippen LogP contribution in [0.1, 0.15) is 41.7 Å². The molecule has 0 bridgehead atoms. The van der Waals surface area contributed by atoms with Crippen molar-refractivity contribution in [2.75, 3.05) is 33.3 Å². The van der Waals surface area contributed by atoms with Gasteiger partial charge in [-0.05, 0) is 43.5 Å². The molecule has 1 fully saturated rings. The third kappa shape index (κ3) is 3.10. The number of hydrogen-bond acceptors (Lipinski definition) is 5. The average Bonchev–Trinajstić information content (AvgIpc) is 2.72. The van der Waals surface area contributed by atoms with E-state index in [1.807, 2.05) is 12.1 Å². The zero-order valence-electron chi connectivity index (χ0n) is 16.4. The van der Waals surface area contributed by atoms with Gasteiger partial charge in [-0.2, -0.15) is 0 Å². The fourth-order valence-electron chi connectivity index (χ4n) is 4.40. The zero-order chi connectivity index (χ0) is 19.0. The Morgan fingerprint density at radius 2 is 1.74 bits per heavy atom. The maximum absolute atomic E-state index is 6.25. The number of methoxy groups -OCH3 is 3. The smallest absolute Gasteiger partial charge is 0.203 e. The second-order valence-corrected chi connectivity index (χ2v) is 7.27. The number of ether oxygens (including phenoxy) is 4. The van der Waals surface area contributed by atoms with Crippen molar-refractivity contribution in [2.24, 2.45) is 5.92 Å². The normalized spacial score (nSPS) is 23.6. The largest absolute Gasteiger partial charge is 0.493 e. The first-order chi connectivity index (χ1) is 13.2. The summed E-state index contributed by atoms with van der Waals surface area (Å²) in [5, 5.41) is 3.75. The van der Waals surface area contributed by atoms with E-state index in [-0.39, 0.29) is 12.1 Å². The molecule has 1 N–H and O–H groups in total. The van der Waals surface area contributed by atoms with E-state index in [9.17, 15) is 0 Å². The SMILES string of the molecule is COc1cc([C@@H]2Nc3ccc(C)cc3[C@H]3OCCC[C@@H]32)cc(OC)c1OC. The van der Waals surface area contributed by atoms with Gasteiger partial charge in [0.05, 0.1) is 33.5 Å². The Kier molecular flexibility index (Phi) is 4.87. The van der Waals surface area contributed by atoms with Gasteiger partial charge in [0.15, 0.2) is 11.5 Å². The molecular formula is C22H27NO4. The minimum absolute atomic E-state index is 0.110. The molecule has 27 heavy (non-hydrogen) atoms. The van der Waals surface area contributed by atoms with Crippen LogP contribution in [0.5, 0.6) is 17.2 Å². The summed E-state index contributed by atoms with van der Waals surface area (Å²) in [7, 11) is 4.93. The molecule has 2 aliphatic heterocycles. The van der Waals surface area contributed by atoms with E-state index in [0.29, 0.717) is 23.2 Å². The summed E-state index contributed by atoms with van der Waals surface area (Å²) in [5.74, 6) is 2.33. The monoisotopic (exact) mass is 369 g/mol. The molecule has 4 rings (SSSR count). The van der Waals surface area contributed by atoms with Gasteiger partial charge in [-0.15, -0.1) is 0 Å². The molecule has 144 valence electrons. The maximum Gasteiger partial charge on any atom is 0.203 e. The number of anilines is 1. The standard InChI is InChI=1S/C22H27NO4/c1-13-7-8-17-16(10-13)21-15(6-5-9-27-21)20(23-17)14-11-18(24-2)22(26-4)19(12-14)25-3/h7-8,10-12,15,20-21,23H,5-6,9H2,1-4H3/t15-,20+,21+/m1/s1. The number of nitrogens with one attached hydrogen (secondary N) is 1. The van der Waals surface area contributed by atoms with E-state index in [0.717, 1.165) is 30.7 Å². The minimum atomic E-state index is 0.110. The molecule has 0 aliphatic carbocycles. The van der Waals surface area contributed by atoms with Gasteiger partial charge in [-0.25, -0.2) is 0 Å². The molecule has 2 aromatic carbocycles. The van der Waals surface area contributed by atoms with Gasteiger partial charge in [0.2, 0.25) is 5.75 Å². The molecular weight excluding hydrogens is 342 g/mol. The maximum atomic E-state index is 6.25. The van der Waals surface area contributed by atoms with Crippen molar-refractivity contribution >= 4 is 5.69 Å². The van der Waals surface area contributed by atoms with Crippen LogP contribution >= 0.6 is 0 Å². The predicted octanol–water partition coefficient (Wildman–Crippen LogP) is 4.66. The molecule has 0 radical (unpaired) electrons. The molecule has 5 heteroatoms. The molecule has 0 amide bonds. The molecule has 2 heterocycles. The van der Waals surface area contributed by atoms with E-state index in [1.54, 1.807) is 21.3 Å². The lowest BCUT2D eigenvalue weighted by atomic mass is 9.77. The number of benzene rings is 2. The van der Waals surface area contributed by atoms with Gasteiger partial charge in [0.1, 0.15) is 0 Å². The predicted molar refractivity (Wildman–Crippen MR) is 105 cm³/mol. The van der Waals surface area contributed by atoms with Crippen molar-refractivity contribution in [3.05, 3.63) is 47.0 Å². The lowest BCUT2D eigenvalue weighted by molar-refractivity contribution is -0.0382. The molecule has 0 unspecified atom stereocenters. The van der Waals surface area contributed by atoms with Gasteiger partial charge in [-0.1, -0.05) is 17.7 Å². The highest BCUT2D eigenvalue weighted by atomic mass is 16.5. The number of aryl methyl sites for hydroxylation is 1. The molecule has 2 aromatic rings. The Labute approximate surface area is 160 Å². The Morgan fingerprint density at radius 3 is 2.41 bits per heavy atom. The third-order valence-corrected chi connectivity index (χ3v) is 5.67. The van der Waals surface area contributed by atoms with Gasteiger partial charge < -0.3 is 24.3 Å². The second kappa shape index (κ2) is 7.31. The van der Waals surface area contributed by atoms with Gasteiger partial charge >= 0.3 is 0 Å². The summed E-state index contributed by atoms with van der Waals surface area (Å²) in [6.45, 7) is 2.94. The van der Waals surface area contributed by atoms with Crippen LogP contribution in [0.15, 0.2) is 30.3 Å². The van der Waals surface area contributed by atoms with E-state index in [2.05, 4.69) is 30.4 Å². The first-order valence-corrected chi connectivity index (χ1v) is 9.45. The van der Waals surface area contributed by atoms with Crippen molar-refractivity contribution in [1.82, 2.24) is 0 Å². The molecule has 5 nitrogen and oxygen atoms in total. The summed E-state index contributed by atoms with van der Waals surface area (Å²) in [6.07, 6.45) is 2.30. The number of rotatable bonds is 4. The van der Waals surface area contributed by atoms with E-state index >= 15 is 0 Å². The Balaban J connectivity index is 1.80. The molecule has 1 saturated heterocycles. The van der Waals surface area contributed by atoms with E-state index in [1.165, 1.54) is 11.1 Å². The minimum Gasteiger partial charge on any atom is -0.493 e. The lowest BCUT2D eigenvalue weighted by Crippen LogP contribution is -2.36. The lowest BCUT2D eigenvalue weighted by Gasteiger charge is -2.43. The zero-order valence-corrected chi connectivity index (χ0v) is 16.4. The molecule has 3 atom stereocenters. The summed E-state index contributed by atoms with van der Waals surface area (Å²) in [4.78, 5) is 0. The number of hydrogen-bond donors (Lipinski definition) is 1. The van der Waals surface area contributed by atoms with Crippen LogP contribution in [0, 0.1) is 12.8 Å². The van der Waals surface area contributed by atoms with Crippen LogP contribution in [0.3, 0.4) is 0 Å². The summed E-state index contributed by atoms with van der Waals surface area (Å²) in [6, 6.07) is 10.8. The van der Waals surface area contributed by atoms with E-state index in [4.69, 9.17) is 18.9 Å². The molecule has 2 aliphatic rings. The molecule has 0 spiro atoms. The quantitative estimate of drug-likeness (QED) is 0.850. The van der Waals surface area contributed by atoms with Gasteiger partial charge in [0, 0.05) is 23.8 Å². The molecule has 0 saturated carbocycles. The second-order valence-electron chi connectivity index (χ2n) is 7.27. The van der Waals surface area contributed by atoms with Crippen molar-refractivity contribution < 1.29 is 18.9 Å². The Hall–Kier alpha value is -2.40. The Morgan fingerprint density at radius 1 is 1.00 bits per heavy atom. The van der Waals surface area contributed by atoms with Crippen LogP contribution in [0.25, 0.3) is 0 Å². The third-order valence-electron chi connectivity index (χ3n) is 5.67. The van der Waals surface area contributed by atoms with Crippen molar-refractivity contribution in [3.8, 4) is 17.2 Å². The van der Waals surface area contributed by atoms with Crippen LogP contribution in [0.4, 0.5) is 5.69 Å². The highest BCUT2D eigenvalue weighted by Gasteiger charge is 2.40. The van der Waals surface area contributed by atoms with Gasteiger partial charge in [0.25, 0.3) is 0 Å².